The number of allylic oxidation sites excluding steroid dienone is 2. The van der Waals surface area contributed by atoms with Gasteiger partial charge in [0.05, 0.1) is 0 Å². The zero-order valence-corrected chi connectivity index (χ0v) is 16.2. The molecule has 134 valence electrons. The Balaban J connectivity index is 0. The molecule has 0 aliphatic carbocycles. The van der Waals surface area contributed by atoms with Crippen LogP contribution in [0.25, 0.3) is 0 Å². The first-order valence-corrected chi connectivity index (χ1v) is 9.77. The van der Waals surface area contributed by atoms with Crippen LogP contribution in [0.5, 0.6) is 0 Å². The predicted molar refractivity (Wildman–Crippen MR) is 105 cm³/mol. The maximum Gasteiger partial charge on any atom is -0.00490 e. The second-order valence-corrected chi connectivity index (χ2v) is 6.29. The fraction of sp³-hybridized carbons (Fsp3) is 0.900. The van der Waals surface area contributed by atoms with Crippen LogP contribution in [-0.4, -0.2) is 13.1 Å². The molecule has 0 aliphatic rings. The second-order valence-electron chi connectivity index (χ2n) is 6.29. The number of halogens is 1. The number of rotatable bonds is 17. The lowest BCUT2D eigenvalue weighted by Crippen LogP contribution is -2.13. The SMILES string of the molecule is CCCCCCCC/C=C\CCCCCCCCNCC.Cl. The molecule has 0 spiro atoms. The molecule has 0 unspecified atom stereocenters. The Bertz CT molecular complexity index is 204. The minimum absolute atomic E-state index is 0. The Morgan fingerprint density at radius 1 is 0.591 bits per heavy atom. The summed E-state index contributed by atoms with van der Waals surface area (Å²) in [6.07, 6.45) is 24.3. The summed E-state index contributed by atoms with van der Waals surface area (Å²) in [6.45, 7) is 6.79. The number of hydrogen-bond donors (Lipinski definition) is 1. The third-order valence-corrected chi connectivity index (χ3v) is 4.12. The number of hydrogen-bond acceptors (Lipinski definition) is 1. The third-order valence-electron chi connectivity index (χ3n) is 4.12. The molecular formula is C20H42ClN. The first-order valence-electron chi connectivity index (χ1n) is 9.77. The van der Waals surface area contributed by atoms with Crippen LogP contribution < -0.4 is 5.32 Å². The van der Waals surface area contributed by atoms with E-state index in [1.54, 1.807) is 0 Å². The fourth-order valence-corrected chi connectivity index (χ4v) is 2.67. The van der Waals surface area contributed by atoms with Gasteiger partial charge in [-0.25, -0.2) is 0 Å². The minimum Gasteiger partial charge on any atom is -0.317 e. The van der Waals surface area contributed by atoms with Gasteiger partial charge in [-0.05, 0) is 45.2 Å². The van der Waals surface area contributed by atoms with Gasteiger partial charge in [-0.15, -0.1) is 12.4 Å². The van der Waals surface area contributed by atoms with Crippen molar-refractivity contribution in [1.82, 2.24) is 5.32 Å². The van der Waals surface area contributed by atoms with Gasteiger partial charge < -0.3 is 5.32 Å². The van der Waals surface area contributed by atoms with Gasteiger partial charge in [-0.1, -0.05) is 83.8 Å². The van der Waals surface area contributed by atoms with Crippen molar-refractivity contribution in [2.75, 3.05) is 13.1 Å². The first-order chi connectivity index (χ1) is 10.4. The molecular weight excluding hydrogens is 290 g/mol. The Morgan fingerprint density at radius 2 is 1.05 bits per heavy atom. The maximum absolute atomic E-state index is 3.39. The molecule has 0 rings (SSSR count). The normalized spacial score (nSPS) is 11.0. The van der Waals surface area contributed by atoms with Crippen LogP contribution >= 0.6 is 12.4 Å². The smallest absolute Gasteiger partial charge is 0.00490 e. The van der Waals surface area contributed by atoms with E-state index in [0.29, 0.717) is 0 Å². The van der Waals surface area contributed by atoms with E-state index in [0.717, 1.165) is 6.54 Å². The zero-order chi connectivity index (χ0) is 15.4. The summed E-state index contributed by atoms with van der Waals surface area (Å²) < 4.78 is 0. The molecule has 0 aromatic carbocycles. The van der Waals surface area contributed by atoms with Crippen molar-refractivity contribution in [3.05, 3.63) is 12.2 Å². The topological polar surface area (TPSA) is 12.0 Å². The van der Waals surface area contributed by atoms with E-state index in [-0.39, 0.29) is 12.4 Å². The fourth-order valence-electron chi connectivity index (χ4n) is 2.67. The molecule has 0 atom stereocenters. The van der Waals surface area contributed by atoms with Crippen molar-refractivity contribution in [3.63, 3.8) is 0 Å². The van der Waals surface area contributed by atoms with E-state index in [2.05, 4.69) is 31.3 Å². The van der Waals surface area contributed by atoms with E-state index in [1.807, 2.05) is 0 Å². The monoisotopic (exact) mass is 331 g/mol. The van der Waals surface area contributed by atoms with E-state index < -0.39 is 0 Å². The highest BCUT2D eigenvalue weighted by atomic mass is 35.5. The quantitative estimate of drug-likeness (QED) is 0.222. The summed E-state index contributed by atoms with van der Waals surface area (Å²) in [6, 6.07) is 0. The van der Waals surface area contributed by atoms with Crippen molar-refractivity contribution >= 4 is 12.4 Å². The maximum atomic E-state index is 3.39. The zero-order valence-electron chi connectivity index (χ0n) is 15.4. The van der Waals surface area contributed by atoms with Crippen LogP contribution in [0.2, 0.25) is 0 Å². The highest BCUT2D eigenvalue weighted by molar-refractivity contribution is 5.85. The predicted octanol–water partition coefficient (Wildman–Crippen LogP) is 7.06. The summed E-state index contributed by atoms with van der Waals surface area (Å²) in [4.78, 5) is 0. The van der Waals surface area contributed by atoms with Crippen molar-refractivity contribution < 1.29 is 0 Å². The molecule has 0 saturated carbocycles. The first kappa shape index (κ1) is 24.2. The lowest BCUT2D eigenvalue weighted by molar-refractivity contribution is 0.573. The van der Waals surface area contributed by atoms with Gasteiger partial charge in [0.15, 0.2) is 0 Å². The van der Waals surface area contributed by atoms with Crippen LogP contribution in [0, 0.1) is 0 Å². The van der Waals surface area contributed by atoms with Crippen molar-refractivity contribution in [1.29, 1.82) is 0 Å². The van der Waals surface area contributed by atoms with Crippen LogP contribution in [0.4, 0.5) is 0 Å². The Kier molecular flexibility index (Phi) is 25.6. The molecule has 0 heterocycles. The molecule has 0 fully saturated rings. The van der Waals surface area contributed by atoms with Crippen LogP contribution in [0.1, 0.15) is 104 Å². The molecule has 0 bridgehead atoms. The molecule has 0 aromatic heterocycles. The summed E-state index contributed by atoms with van der Waals surface area (Å²) in [7, 11) is 0. The minimum atomic E-state index is 0. The third kappa shape index (κ3) is 22.3. The lowest BCUT2D eigenvalue weighted by atomic mass is 10.1. The standard InChI is InChI=1S/C20H41N.ClH/c1-3-5-6-7-8-9-10-11-12-13-14-15-16-17-18-19-20-21-4-2;/h11-12,21H,3-10,13-20H2,1-2H3;1H/b12-11-;. The van der Waals surface area contributed by atoms with Gasteiger partial charge in [0.25, 0.3) is 0 Å². The summed E-state index contributed by atoms with van der Waals surface area (Å²) in [5.41, 5.74) is 0. The van der Waals surface area contributed by atoms with Gasteiger partial charge in [0, 0.05) is 0 Å². The average Bonchev–Trinajstić information content (AvgIpc) is 2.50. The van der Waals surface area contributed by atoms with Crippen molar-refractivity contribution in [3.8, 4) is 0 Å². The van der Waals surface area contributed by atoms with E-state index >= 15 is 0 Å². The van der Waals surface area contributed by atoms with E-state index in [1.165, 1.54) is 96.4 Å². The van der Waals surface area contributed by atoms with Gasteiger partial charge in [-0.2, -0.15) is 0 Å². The molecule has 1 nitrogen and oxygen atoms in total. The molecule has 1 N–H and O–H groups in total. The second kappa shape index (κ2) is 23.3. The molecule has 0 aliphatic heterocycles. The Labute approximate surface area is 147 Å². The summed E-state index contributed by atoms with van der Waals surface area (Å²) in [5.74, 6) is 0. The molecule has 0 saturated heterocycles. The summed E-state index contributed by atoms with van der Waals surface area (Å²) >= 11 is 0. The highest BCUT2D eigenvalue weighted by Gasteiger charge is 1.91. The van der Waals surface area contributed by atoms with Gasteiger partial charge in [-0.3, -0.25) is 0 Å². The van der Waals surface area contributed by atoms with Gasteiger partial charge in [0.2, 0.25) is 0 Å². The summed E-state index contributed by atoms with van der Waals surface area (Å²) in [5, 5.41) is 3.39. The molecule has 0 aromatic rings. The lowest BCUT2D eigenvalue weighted by Gasteiger charge is -2.01. The van der Waals surface area contributed by atoms with Crippen molar-refractivity contribution in [2.45, 2.75) is 104 Å². The number of nitrogens with one attached hydrogen (secondary N) is 1. The van der Waals surface area contributed by atoms with Gasteiger partial charge in [0.1, 0.15) is 0 Å². The largest absolute Gasteiger partial charge is 0.317 e. The van der Waals surface area contributed by atoms with Gasteiger partial charge >= 0.3 is 0 Å². The van der Waals surface area contributed by atoms with Crippen LogP contribution in [-0.2, 0) is 0 Å². The van der Waals surface area contributed by atoms with Crippen molar-refractivity contribution in [2.24, 2.45) is 0 Å². The molecule has 0 radical (unpaired) electrons. The van der Waals surface area contributed by atoms with E-state index in [4.69, 9.17) is 0 Å². The molecule has 2 heteroatoms. The Hall–Kier alpha value is -0.0100. The number of unbranched alkanes of at least 4 members (excludes halogenated alkanes) is 12. The Morgan fingerprint density at radius 3 is 1.55 bits per heavy atom. The van der Waals surface area contributed by atoms with Crippen LogP contribution in [0.3, 0.4) is 0 Å². The molecule has 22 heavy (non-hydrogen) atoms. The molecule has 0 amide bonds. The average molecular weight is 332 g/mol. The van der Waals surface area contributed by atoms with Crippen LogP contribution in [0.15, 0.2) is 12.2 Å². The van der Waals surface area contributed by atoms with E-state index in [9.17, 15) is 0 Å². The highest BCUT2D eigenvalue weighted by Crippen LogP contribution is 2.09.